The molecule has 0 N–H and O–H groups in total. The molecule has 0 saturated carbocycles. The average Bonchev–Trinajstić information content (AvgIpc) is 3.78. The van der Waals surface area contributed by atoms with Crippen LogP contribution in [0.3, 0.4) is 0 Å². The first kappa shape index (κ1) is 36.1. The lowest BCUT2D eigenvalue weighted by molar-refractivity contribution is 0.919. The molecule has 4 aromatic carbocycles. The summed E-state index contributed by atoms with van der Waals surface area (Å²) in [6.07, 6.45) is 9.26. The van der Waals surface area contributed by atoms with Crippen molar-refractivity contribution in [2.75, 3.05) is 0 Å². The number of thiophene rings is 2. The summed E-state index contributed by atoms with van der Waals surface area (Å²) < 4.78 is 5.59. The Balaban J connectivity index is 1.27. The zero-order valence-electron chi connectivity index (χ0n) is 29.2. The van der Waals surface area contributed by atoms with E-state index in [2.05, 4.69) is 149 Å². The lowest BCUT2D eigenvalue weighted by Gasteiger charge is -2.08. The SMILES string of the molecule is CCCc1ccc([S+](c2ccc(CCC)cc2)c2ccc(Sc3ccc([S+](c4ccc(CCC)cc4)c4ccc(CCC)cc4)s3)s2)cc1. The average molecular weight is 737 g/mol. The molecule has 252 valence electrons. The van der Waals surface area contributed by atoms with E-state index < -0.39 is 0 Å². The van der Waals surface area contributed by atoms with Crippen LogP contribution < -0.4 is 0 Å². The van der Waals surface area contributed by atoms with Crippen LogP contribution in [0, 0.1) is 0 Å². The Bertz CT molecular complexity index is 1620. The Labute approximate surface area is 313 Å². The number of hydrogen-bond acceptors (Lipinski definition) is 3. The molecule has 0 bridgehead atoms. The van der Waals surface area contributed by atoms with Gasteiger partial charge in [-0.3, -0.25) is 0 Å². The molecular formula is C44H48S5+2. The van der Waals surface area contributed by atoms with Crippen LogP contribution in [-0.4, -0.2) is 0 Å². The summed E-state index contributed by atoms with van der Waals surface area (Å²) in [5, 5.41) is 0. The molecule has 49 heavy (non-hydrogen) atoms. The van der Waals surface area contributed by atoms with Gasteiger partial charge in [0, 0.05) is 12.1 Å². The second kappa shape index (κ2) is 18.0. The van der Waals surface area contributed by atoms with Gasteiger partial charge in [-0.05, 0) is 109 Å². The first-order valence-corrected chi connectivity index (χ1v) is 22.7. The summed E-state index contributed by atoms with van der Waals surface area (Å²) in [5.41, 5.74) is 5.71. The molecule has 6 rings (SSSR count). The summed E-state index contributed by atoms with van der Waals surface area (Å²) >= 11 is 5.85. The summed E-state index contributed by atoms with van der Waals surface area (Å²) in [4.78, 5) is 5.61. The molecule has 0 saturated heterocycles. The van der Waals surface area contributed by atoms with Crippen molar-refractivity contribution < 1.29 is 0 Å². The normalized spacial score (nSPS) is 11.6. The first-order valence-electron chi connectivity index (χ1n) is 17.8. The largest absolute Gasteiger partial charge is 0.221 e. The van der Waals surface area contributed by atoms with E-state index in [1.807, 2.05) is 34.4 Å². The fourth-order valence-corrected chi connectivity index (χ4v) is 15.3. The minimum atomic E-state index is -0.126. The molecule has 0 amide bonds. The van der Waals surface area contributed by atoms with Gasteiger partial charge in [-0.25, -0.2) is 0 Å². The molecule has 2 heterocycles. The van der Waals surface area contributed by atoms with E-state index in [4.69, 9.17) is 0 Å². The Kier molecular flexibility index (Phi) is 13.3. The van der Waals surface area contributed by atoms with Crippen molar-refractivity contribution in [3.63, 3.8) is 0 Å². The van der Waals surface area contributed by atoms with Gasteiger partial charge in [0.25, 0.3) is 0 Å². The molecule has 0 nitrogen and oxygen atoms in total. The fraction of sp³-hybridized carbons (Fsp3) is 0.273. The molecule has 0 radical (unpaired) electrons. The van der Waals surface area contributed by atoms with Crippen LogP contribution in [0.4, 0.5) is 0 Å². The van der Waals surface area contributed by atoms with Crippen LogP contribution in [-0.2, 0) is 47.5 Å². The number of hydrogen-bond donors (Lipinski definition) is 0. The van der Waals surface area contributed by atoms with Gasteiger partial charge in [-0.1, -0.05) is 136 Å². The van der Waals surface area contributed by atoms with Crippen molar-refractivity contribution in [1.29, 1.82) is 0 Å². The molecule has 2 aromatic heterocycles. The zero-order chi connectivity index (χ0) is 34.0. The molecule has 0 aliphatic rings. The Morgan fingerprint density at radius 1 is 0.367 bits per heavy atom. The van der Waals surface area contributed by atoms with Crippen LogP contribution in [0.5, 0.6) is 0 Å². The monoisotopic (exact) mass is 736 g/mol. The molecule has 0 fully saturated rings. The summed E-state index contributed by atoms with van der Waals surface area (Å²) in [6.45, 7) is 9.03. The third kappa shape index (κ3) is 9.36. The summed E-state index contributed by atoms with van der Waals surface area (Å²) in [5.74, 6) is 0. The van der Waals surface area contributed by atoms with Crippen molar-refractivity contribution in [1.82, 2.24) is 0 Å². The highest BCUT2D eigenvalue weighted by atomic mass is 32.2. The highest BCUT2D eigenvalue weighted by Gasteiger charge is 2.33. The van der Waals surface area contributed by atoms with Crippen LogP contribution in [0.1, 0.15) is 75.6 Å². The third-order valence-corrected chi connectivity index (χ3v) is 17.1. The number of rotatable bonds is 16. The molecule has 0 unspecified atom stereocenters. The zero-order valence-corrected chi connectivity index (χ0v) is 33.3. The number of aryl methyl sites for hydroxylation is 4. The minimum Gasteiger partial charge on any atom is -0.0781 e. The number of benzene rings is 4. The van der Waals surface area contributed by atoms with Crippen molar-refractivity contribution in [2.24, 2.45) is 0 Å². The summed E-state index contributed by atoms with van der Waals surface area (Å²) in [7, 11) is -0.251. The fourth-order valence-electron chi connectivity index (χ4n) is 6.10. The van der Waals surface area contributed by atoms with E-state index in [1.165, 1.54) is 84.4 Å². The quantitative estimate of drug-likeness (QED) is 0.0892. The van der Waals surface area contributed by atoms with Gasteiger partial charge in [0.15, 0.2) is 19.6 Å². The second-order valence-corrected chi connectivity index (χ2v) is 20.7. The molecular weight excluding hydrogens is 689 g/mol. The smallest absolute Gasteiger partial charge is 0.0781 e. The predicted octanol–water partition coefficient (Wildman–Crippen LogP) is 14.0. The Morgan fingerprint density at radius 3 is 0.878 bits per heavy atom. The topological polar surface area (TPSA) is 0 Å². The summed E-state index contributed by atoms with van der Waals surface area (Å²) in [6, 6.07) is 47.1. The van der Waals surface area contributed by atoms with Crippen molar-refractivity contribution in [3.8, 4) is 0 Å². The van der Waals surface area contributed by atoms with E-state index in [0.29, 0.717) is 0 Å². The van der Waals surface area contributed by atoms with Gasteiger partial charge >= 0.3 is 0 Å². The van der Waals surface area contributed by atoms with E-state index in [1.54, 1.807) is 0 Å². The lowest BCUT2D eigenvalue weighted by Crippen LogP contribution is -2.03. The first-order chi connectivity index (χ1) is 24.1. The van der Waals surface area contributed by atoms with Gasteiger partial charge in [-0.2, -0.15) is 0 Å². The molecule has 0 atom stereocenters. The van der Waals surface area contributed by atoms with Gasteiger partial charge < -0.3 is 0 Å². The van der Waals surface area contributed by atoms with Crippen molar-refractivity contribution in [2.45, 2.75) is 115 Å². The Morgan fingerprint density at radius 2 is 0.633 bits per heavy atom. The van der Waals surface area contributed by atoms with Crippen LogP contribution >= 0.6 is 34.4 Å². The van der Waals surface area contributed by atoms with E-state index in [9.17, 15) is 0 Å². The third-order valence-electron chi connectivity index (χ3n) is 8.51. The maximum absolute atomic E-state index is 2.38. The Hall–Kier alpha value is -2.67. The molecule has 0 aliphatic carbocycles. The van der Waals surface area contributed by atoms with Gasteiger partial charge in [0.2, 0.25) is 8.42 Å². The van der Waals surface area contributed by atoms with Crippen LogP contribution in [0.25, 0.3) is 0 Å². The predicted molar refractivity (Wildman–Crippen MR) is 219 cm³/mol. The maximum Gasteiger partial charge on any atom is 0.221 e. The standard InChI is InChI=1S/C44H48S5/c1-5-9-33-13-21-37(22-14-33)48(38-23-15-34(10-6-2)16-24-38)43-31-29-41(46-43)45-42-30-32-44(47-42)49(39-25-17-35(11-7-3)18-26-39)40-27-19-36(12-8-4)20-28-40/h13-32H,5-12H2,1-4H3/q+2. The van der Waals surface area contributed by atoms with E-state index >= 15 is 0 Å². The van der Waals surface area contributed by atoms with Gasteiger partial charge in [-0.15, -0.1) is 0 Å². The van der Waals surface area contributed by atoms with Crippen LogP contribution in [0.2, 0.25) is 0 Å². The van der Waals surface area contributed by atoms with Gasteiger partial charge in [0.1, 0.15) is 21.8 Å². The van der Waals surface area contributed by atoms with E-state index in [0.717, 1.165) is 25.7 Å². The highest BCUT2D eigenvalue weighted by Crippen LogP contribution is 2.45. The molecule has 6 aromatic rings. The molecule has 0 spiro atoms. The maximum atomic E-state index is 2.38. The van der Waals surface area contributed by atoms with Crippen molar-refractivity contribution in [3.05, 3.63) is 144 Å². The van der Waals surface area contributed by atoms with Crippen LogP contribution in [0.15, 0.2) is 158 Å². The molecule has 5 heteroatoms. The molecule has 0 aliphatic heterocycles. The van der Waals surface area contributed by atoms with Gasteiger partial charge in [0.05, 0.1) is 8.42 Å². The lowest BCUT2D eigenvalue weighted by atomic mass is 10.1. The minimum absolute atomic E-state index is 0.126. The van der Waals surface area contributed by atoms with E-state index in [-0.39, 0.29) is 21.8 Å². The second-order valence-electron chi connectivity index (χ2n) is 12.4. The van der Waals surface area contributed by atoms with Crippen molar-refractivity contribution >= 4 is 56.2 Å². The highest BCUT2D eigenvalue weighted by molar-refractivity contribution is 8.04.